The molecule has 0 aromatic heterocycles. The smallest absolute Gasteiger partial charge is 0.253 e. The molecule has 0 saturated carbocycles. The Hall–Kier alpha value is -2.82. The molecule has 1 unspecified atom stereocenters. The molecular formula is C21H25N3O2. The Bertz CT molecular complexity index is 889. The highest BCUT2D eigenvalue weighted by molar-refractivity contribution is 6.08. The van der Waals surface area contributed by atoms with Crippen LogP contribution in [0.4, 0.5) is 11.4 Å². The largest absolute Gasteiger partial charge is 0.359 e. The fraction of sp³-hybridized carbons (Fsp3) is 0.333. The topological polar surface area (TPSA) is 61.4 Å². The van der Waals surface area contributed by atoms with Crippen LogP contribution in [0.25, 0.3) is 0 Å². The van der Waals surface area contributed by atoms with Crippen molar-refractivity contribution < 1.29 is 9.59 Å². The van der Waals surface area contributed by atoms with Gasteiger partial charge in [-0.3, -0.25) is 15.0 Å². The molecule has 0 bridgehead atoms. The maximum Gasteiger partial charge on any atom is 0.253 e. The van der Waals surface area contributed by atoms with Crippen LogP contribution in [-0.4, -0.2) is 18.9 Å². The standard InChI is InChI=1S/C21H25N3O2/c1-12-7-6-8-18(14(12)3)23-24-20-15(4)13(2)9-10-16(20)17(21(24)26)11-19(25)22-5/h6-10,17,23H,11H2,1-5H3,(H,22,25). The Kier molecular flexibility index (Phi) is 4.72. The number of carbonyl (C=O) groups is 2. The molecule has 2 amide bonds. The highest BCUT2D eigenvalue weighted by Crippen LogP contribution is 2.42. The first-order valence-corrected chi connectivity index (χ1v) is 8.82. The van der Waals surface area contributed by atoms with E-state index in [9.17, 15) is 9.59 Å². The molecule has 2 aromatic rings. The molecule has 5 nitrogen and oxygen atoms in total. The van der Waals surface area contributed by atoms with Crippen molar-refractivity contribution in [1.82, 2.24) is 5.32 Å². The first-order valence-electron chi connectivity index (χ1n) is 8.82. The monoisotopic (exact) mass is 351 g/mol. The normalized spacial score (nSPS) is 15.8. The minimum atomic E-state index is -0.470. The Morgan fingerprint density at radius 3 is 2.42 bits per heavy atom. The maximum absolute atomic E-state index is 13.2. The van der Waals surface area contributed by atoms with E-state index in [1.54, 1.807) is 12.1 Å². The second-order valence-corrected chi connectivity index (χ2v) is 6.91. The van der Waals surface area contributed by atoms with Crippen LogP contribution in [0.3, 0.4) is 0 Å². The van der Waals surface area contributed by atoms with Crippen molar-refractivity contribution >= 4 is 23.2 Å². The van der Waals surface area contributed by atoms with Crippen LogP contribution in [0.1, 0.15) is 40.2 Å². The summed E-state index contributed by atoms with van der Waals surface area (Å²) < 4.78 is 0. The van der Waals surface area contributed by atoms with E-state index in [4.69, 9.17) is 0 Å². The summed E-state index contributed by atoms with van der Waals surface area (Å²) in [5.74, 6) is -0.707. The number of amides is 2. The van der Waals surface area contributed by atoms with E-state index >= 15 is 0 Å². The third kappa shape index (κ3) is 2.94. The van der Waals surface area contributed by atoms with E-state index in [0.717, 1.165) is 39.2 Å². The van der Waals surface area contributed by atoms with Gasteiger partial charge >= 0.3 is 0 Å². The van der Waals surface area contributed by atoms with Gasteiger partial charge in [-0.1, -0.05) is 24.3 Å². The lowest BCUT2D eigenvalue weighted by atomic mass is 9.94. The predicted molar refractivity (Wildman–Crippen MR) is 104 cm³/mol. The average Bonchev–Trinajstić information content (AvgIpc) is 2.88. The van der Waals surface area contributed by atoms with Gasteiger partial charge in [0.25, 0.3) is 5.91 Å². The van der Waals surface area contributed by atoms with Crippen molar-refractivity contribution in [3.8, 4) is 0 Å². The summed E-state index contributed by atoms with van der Waals surface area (Å²) in [7, 11) is 1.59. The van der Waals surface area contributed by atoms with Gasteiger partial charge in [0.1, 0.15) is 0 Å². The number of aryl methyl sites for hydroxylation is 2. The number of hydrazine groups is 1. The molecule has 26 heavy (non-hydrogen) atoms. The summed E-state index contributed by atoms with van der Waals surface area (Å²) in [5.41, 5.74) is 10.4. The maximum atomic E-state index is 13.2. The van der Waals surface area contributed by atoms with Crippen LogP contribution in [0.5, 0.6) is 0 Å². The fourth-order valence-corrected chi connectivity index (χ4v) is 3.39. The molecule has 1 aliphatic heterocycles. The number of hydrogen-bond acceptors (Lipinski definition) is 3. The van der Waals surface area contributed by atoms with Crippen LogP contribution in [0.15, 0.2) is 30.3 Å². The summed E-state index contributed by atoms with van der Waals surface area (Å²) in [6, 6.07) is 9.96. The Balaban J connectivity index is 2.06. The second-order valence-electron chi connectivity index (χ2n) is 6.91. The number of nitrogens with zero attached hydrogens (tertiary/aromatic N) is 1. The average molecular weight is 351 g/mol. The summed E-state index contributed by atoms with van der Waals surface area (Å²) in [6.07, 6.45) is 0.149. The Morgan fingerprint density at radius 2 is 1.73 bits per heavy atom. The van der Waals surface area contributed by atoms with E-state index < -0.39 is 5.92 Å². The van der Waals surface area contributed by atoms with E-state index in [1.807, 2.05) is 58.0 Å². The summed E-state index contributed by atoms with van der Waals surface area (Å²) in [6.45, 7) is 8.12. The molecule has 5 heteroatoms. The Morgan fingerprint density at radius 1 is 1.04 bits per heavy atom. The first kappa shape index (κ1) is 18.0. The molecule has 0 radical (unpaired) electrons. The van der Waals surface area contributed by atoms with Crippen LogP contribution >= 0.6 is 0 Å². The molecule has 1 atom stereocenters. The molecular weight excluding hydrogens is 326 g/mol. The third-order valence-electron chi connectivity index (χ3n) is 5.36. The van der Waals surface area contributed by atoms with Gasteiger partial charge in [0, 0.05) is 13.5 Å². The molecule has 2 N–H and O–H groups in total. The van der Waals surface area contributed by atoms with Crippen molar-refractivity contribution in [2.24, 2.45) is 0 Å². The predicted octanol–water partition coefficient (Wildman–Crippen LogP) is 3.51. The van der Waals surface area contributed by atoms with Gasteiger partial charge in [-0.2, -0.15) is 0 Å². The summed E-state index contributed by atoms with van der Waals surface area (Å²) in [5, 5.41) is 4.24. The van der Waals surface area contributed by atoms with Crippen molar-refractivity contribution in [3.05, 3.63) is 58.1 Å². The van der Waals surface area contributed by atoms with E-state index in [2.05, 4.69) is 10.7 Å². The van der Waals surface area contributed by atoms with Gasteiger partial charge in [-0.05, 0) is 61.6 Å². The van der Waals surface area contributed by atoms with Gasteiger partial charge < -0.3 is 5.32 Å². The zero-order valence-corrected chi connectivity index (χ0v) is 15.9. The number of hydrogen-bond donors (Lipinski definition) is 2. The number of carbonyl (C=O) groups excluding carboxylic acids is 2. The van der Waals surface area contributed by atoms with Crippen molar-refractivity contribution in [2.45, 2.75) is 40.0 Å². The number of benzene rings is 2. The van der Waals surface area contributed by atoms with Crippen LogP contribution < -0.4 is 15.8 Å². The molecule has 0 fully saturated rings. The SMILES string of the molecule is CNC(=O)CC1C(=O)N(Nc2cccc(C)c2C)c2c1ccc(C)c2C. The number of nitrogens with one attached hydrogen (secondary N) is 2. The molecule has 0 aliphatic carbocycles. The van der Waals surface area contributed by atoms with Crippen LogP contribution in [0.2, 0.25) is 0 Å². The zero-order chi connectivity index (χ0) is 19.0. The minimum absolute atomic E-state index is 0.0989. The summed E-state index contributed by atoms with van der Waals surface area (Å²) in [4.78, 5) is 25.1. The molecule has 3 rings (SSSR count). The number of fused-ring (bicyclic) bond motifs is 1. The lowest BCUT2D eigenvalue weighted by Gasteiger charge is -2.24. The van der Waals surface area contributed by atoms with Crippen molar-refractivity contribution in [3.63, 3.8) is 0 Å². The number of rotatable bonds is 4. The minimum Gasteiger partial charge on any atom is -0.359 e. The quantitative estimate of drug-likeness (QED) is 0.886. The van der Waals surface area contributed by atoms with Crippen molar-refractivity contribution in [1.29, 1.82) is 0 Å². The second kappa shape index (κ2) is 6.83. The van der Waals surface area contributed by atoms with Gasteiger partial charge in [0.15, 0.2) is 0 Å². The molecule has 0 spiro atoms. The molecule has 2 aromatic carbocycles. The molecule has 1 aliphatic rings. The van der Waals surface area contributed by atoms with Gasteiger partial charge in [-0.25, -0.2) is 5.01 Å². The number of anilines is 2. The highest BCUT2D eigenvalue weighted by Gasteiger charge is 2.40. The fourth-order valence-electron chi connectivity index (χ4n) is 3.39. The van der Waals surface area contributed by atoms with E-state index in [0.29, 0.717) is 0 Å². The van der Waals surface area contributed by atoms with E-state index in [-0.39, 0.29) is 18.2 Å². The first-order chi connectivity index (χ1) is 12.3. The molecule has 1 heterocycles. The highest BCUT2D eigenvalue weighted by atomic mass is 16.2. The van der Waals surface area contributed by atoms with Crippen LogP contribution in [0, 0.1) is 27.7 Å². The Labute approximate surface area is 154 Å². The molecule has 136 valence electrons. The van der Waals surface area contributed by atoms with Crippen molar-refractivity contribution in [2.75, 3.05) is 17.5 Å². The van der Waals surface area contributed by atoms with E-state index in [1.165, 1.54) is 0 Å². The lowest BCUT2D eigenvalue weighted by Crippen LogP contribution is -2.36. The zero-order valence-electron chi connectivity index (χ0n) is 15.9. The third-order valence-corrected chi connectivity index (χ3v) is 5.36. The molecule has 0 saturated heterocycles. The van der Waals surface area contributed by atoms with Gasteiger partial charge in [0.2, 0.25) is 5.91 Å². The lowest BCUT2D eigenvalue weighted by molar-refractivity contribution is -0.125. The summed E-state index contributed by atoms with van der Waals surface area (Å²) >= 11 is 0. The van der Waals surface area contributed by atoms with Crippen LogP contribution in [-0.2, 0) is 9.59 Å². The van der Waals surface area contributed by atoms with Gasteiger partial charge in [-0.15, -0.1) is 0 Å². The van der Waals surface area contributed by atoms with Gasteiger partial charge in [0.05, 0.1) is 17.3 Å².